The van der Waals surface area contributed by atoms with Crippen molar-refractivity contribution in [3.63, 3.8) is 0 Å². The lowest BCUT2D eigenvalue weighted by Gasteiger charge is -2.50. The minimum Gasteiger partial charge on any atom is -0.356 e. The van der Waals surface area contributed by atoms with Gasteiger partial charge in [0.15, 0.2) is 0 Å². The fourth-order valence-corrected chi connectivity index (χ4v) is 6.58. The number of piperidine rings is 2. The molecule has 7 atom stereocenters. The lowest BCUT2D eigenvalue weighted by Crippen LogP contribution is -2.63. The summed E-state index contributed by atoms with van der Waals surface area (Å²) in [6.07, 6.45) is -5.24. The quantitative estimate of drug-likeness (QED) is 0.504. The number of amides is 2. The highest BCUT2D eigenvalue weighted by Crippen LogP contribution is 2.64. The summed E-state index contributed by atoms with van der Waals surface area (Å²) in [7, 11) is 0. The number of hydrogen-bond donors (Lipinski definition) is 1. The highest BCUT2D eigenvalue weighted by Gasteiger charge is 2.71. The van der Waals surface area contributed by atoms with Crippen LogP contribution in [0.3, 0.4) is 0 Å². The first-order chi connectivity index (χ1) is 17.2. The van der Waals surface area contributed by atoms with Crippen LogP contribution in [-0.2, 0) is 27.1 Å². The molecule has 2 aromatic rings. The monoisotopic (exact) mass is 497 g/mol. The van der Waals surface area contributed by atoms with Crippen molar-refractivity contribution in [1.82, 2.24) is 4.90 Å². The van der Waals surface area contributed by atoms with Crippen LogP contribution >= 0.6 is 0 Å². The second-order valence-electron chi connectivity index (χ2n) is 9.94. The number of nitrogens with zero attached hydrogens (tertiary/aromatic N) is 3. The Hall–Kier alpha value is -3.26. The molecule has 3 heterocycles. The van der Waals surface area contributed by atoms with Gasteiger partial charge in [0.2, 0.25) is 18.2 Å². The Kier molecular flexibility index (Phi) is 5.23. The van der Waals surface area contributed by atoms with Crippen molar-refractivity contribution in [1.29, 1.82) is 5.26 Å². The molecule has 10 heteroatoms. The van der Waals surface area contributed by atoms with E-state index in [1.165, 1.54) is 12.1 Å². The van der Waals surface area contributed by atoms with Gasteiger partial charge in [-0.25, -0.2) is 4.90 Å². The number of anilines is 1. The van der Waals surface area contributed by atoms with E-state index in [1.807, 2.05) is 30.3 Å². The van der Waals surface area contributed by atoms with Gasteiger partial charge < -0.3 is 9.84 Å². The number of fused-ring (bicyclic) bond motifs is 1. The molecular weight excluding hydrogens is 475 g/mol. The van der Waals surface area contributed by atoms with Crippen molar-refractivity contribution in [2.24, 2.45) is 29.6 Å². The van der Waals surface area contributed by atoms with Crippen molar-refractivity contribution in [3.05, 3.63) is 65.2 Å². The molecule has 0 aromatic heterocycles. The number of alkyl halides is 3. The van der Waals surface area contributed by atoms with E-state index in [2.05, 4.69) is 0 Å². The Labute approximate surface area is 204 Å². The first kappa shape index (κ1) is 23.2. The first-order valence-electron chi connectivity index (χ1n) is 11.8. The maximum absolute atomic E-state index is 13.6. The second kappa shape index (κ2) is 8.13. The van der Waals surface area contributed by atoms with E-state index in [4.69, 9.17) is 10.00 Å². The molecule has 2 unspecified atom stereocenters. The normalized spacial score (nSPS) is 31.7. The van der Waals surface area contributed by atoms with Crippen LogP contribution in [0.1, 0.15) is 23.1 Å². The van der Waals surface area contributed by atoms with Crippen LogP contribution in [0.5, 0.6) is 0 Å². The van der Waals surface area contributed by atoms with Gasteiger partial charge in [-0.1, -0.05) is 30.3 Å². The third kappa shape index (κ3) is 3.45. The van der Waals surface area contributed by atoms with Crippen LogP contribution in [0.25, 0.3) is 0 Å². The molecule has 0 radical (unpaired) electrons. The van der Waals surface area contributed by atoms with E-state index in [9.17, 15) is 27.9 Å². The number of rotatable bonds is 5. The molecule has 36 heavy (non-hydrogen) atoms. The third-order valence-corrected chi connectivity index (χ3v) is 8.12. The number of carbonyl (C=O) groups excluding carboxylic acids is 2. The van der Waals surface area contributed by atoms with Gasteiger partial charge in [0.05, 0.1) is 41.3 Å². The zero-order chi connectivity index (χ0) is 25.4. The van der Waals surface area contributed by atoms with Crippen LogP contribution in [0.2, 0.25) is 0 Å². The van der Waals surface area contributed by atoms with Gasteiger partial charge in [-0.15, -0.1) is 0 Å². The van der Waals surface area contributed by atoms with Gasteiger partial charge in [0, 0.05) is 12.6 Å². The highest BCUT2D eigenvalue weighted by atomic mass is 19.4. The highest BCUT2D eigenvalue weighted by molar-refractivity contribution is 6.22. The molecule has 1 N–H and O–H groups in total. The lowest BCUT2D eigenvalue weighted by atomic mass is 9.66. The maximum Gasteiger partial charge on any atom is 0.417 e. The SMILES string of the molecule is N#Cc1ccc(N2C(=O)[C@@H]3[C@H]4[C@H]5C[C@H]5C(CN4C(O)OCc4ccccc4)[C@@H]3C2=O)cc1C(F)(F)F. The van der Waals surface area contributed by atoms with Crippen molar-refractivity contribution in [2.75, 3.05) is 11.4 Å². The molecule has 5 fully saturated rings. The van der Waals surface area contributed by atoms with E-state index in [0.29, 0.717) is 12.6 Å². The molecule has 186 valence electrons. The molecule has 7 rings (SSSR count). The number of aliphatic hydroxyl groups excluding tert-OH is 1. The zero-order valence-electron chi connectivity index (χ0n) is 18.9. The fraction of sp³-hybridized carbons (Fsp3) is 0.423. The van der Waals surface area contributed by atoms with E-state index < -0.39 is 53.4 Å². The molecule has 2 aliphatic carbocycles. The van der Waals surface area contributed by atoms with Gasteiger partial charge in [0.1, 0.15) is 0 Å². The van der Waals surface area contributed by atoms with E-state index >= 15 is 0 Å². The largest absolute Gasteiger partial charge is 0.417 e. The van der Waals surface area contributed by atoms with Crippen molar-refractivity contribution in [3.8, 4) is 6.07 Å². The van der Waals surface area contributed by atoms with Crippen LogP contribution < -0.4 is 4.90 Å². The number of nitriles is 1. The van der Waals surface area contributed by atoms with E-state index in [-0.39, 0.29) is 30.0 Å². The van der Waals surface area contributed by atoms with Gasteiger partial charge in [-0.05, 0) is 47.9 Å². The van der Waals surface area contributed by atoms with E-state index in [0.717, 1.165) is 23.0 Å². The summed E-state index contributed by atoms with van der Waals surface area (Å²) in [5.41, 5.74) is -1.07. The Bertz CT molecular complexity index is 1280. The summed E-state index contributed by atoms with van der Waals surface area (Å²) in [6, 6.07) is 13.3. The summed E-state index contributed by atoms with van der Waals surface area (Å²) in [4.78, 5) is 29.6. The molecule has 2 bridgehead atoms. The van der Waals surface area contributed by atoms with Gasteiger partial charge in [-0.2, -0.15) is 18.4 Å². The summed E-state index contributed by atoms with van der Waals surface area (Å²) in [6.45, 7) is 0.541. The second-order valence-corrected chi connectivity index (χ2v) is 9.94. The molecule has 0 spiro atoms. The fourth-order valence-electron chi connectivity index (χ4n) is 6.58. The average molecular weight is 497 g/mol. The Morgan fingerprint density at radius 2 is 1.78 bits per heavy atom. The summed E-state index contributed by atoms with van der Waals surface area (Å²) < 4.78 is 46.3. The predicted molar refractivity (Wildman–Crippen MR) is 118 cm³/mol. The molecule has 3 saturated heterocycles. The number of ether oxygens (including phenoxy) is 1. The Morgan fingerprint density at radius 3 is 2.47 bits per heavy atom. The number of hydrogen-bond acceptors (Lipinski definition) is 6. The van der Waals surface area contributed by atoms with Crippen molar-refractivity contribution >= 4 is 17.5 Å². The smallest absolute Gasteiger partial charge is 0.356 e. The first-order valence-corrected chi connectivity index (χ1v) is 11.8. The van der Waals surface area contributed by atoms with Crippen LogP contribution in [0.15, 0.2) is 48.5 Å². The molecule has 2 aromatic carbocycles. The Balaban J connectivity index is 1.28. The lowest BCUT2D eigenvalue weighted by molar-refractivity contribution is -0.243. The third-order valence-electron chi connectivity index (χ3n) is 8.12. The Morgan fingerprint density at radius 1 is 1.06 bits per heavy atom. The van der Waals surface area contributed by atoms with Gasteiger partial charge >= 0.3 is 6.18 Å². The van der Waals surface area contributed by atoms with Gasteiger partial charge in [-0.3, -0.25) is 14.5 Å². The number of halogens is 3. The number of carbonyl (C=O) groups is 2. The number of benzene rings is 2. The summed E-state index contributed by atoms with van der Waals surface area (Å²) in [5, 5.41) is 20.0. The van der Waals surface area contributed by atoms with E-state index in [1.54, 1.807) is 4.90 Å². The zero-order valence-corrected chi connectivity index (χ0v) is 18.9. The molecule has 5 aliphatic rings. The summed E-state index contributed by atoms with van der Waals surface area (Å²) >= 11 is 0. The van der Waals surface area contributed by atoms with Crippen LogP contribution in [0.4, 0.5) is 18.9 Å². The molecule has 2 amide bonds. The minimum atomic E-state index is -4.81. The number of aliphatic hydroxyl groups is 1. The van der Waals surface area contributed by atoms with Crippen molar-refractivity contribution in [2.45, 2.75) is 31.7 Å². The number of imide groups is 1. The molecule has 3 aliphatic heterocycles. The standard InChI is InChI=1S/C26H22F3N3O4/c27-26(28,29)19-8-15(7-6-14(19)10-30)32-23(33)20-18-11-31(22(17-9-16(17)18)21(20)24(32)34)25(35)36-12-13-4-2-1-3-5-13/h1-8,16-18,20-22,25,35H,9,11-12H2/t16-,17+,18?,20+,21+,22-,25?/m1/s1. The molecule has 7 nitrogen and oxygen atoms in total. The van der Waals surface area contributed by atoms with Crippen LogP contribution in [0, 0.1) is 40.9 Å². The van der Waals surface area contributed by atoms with Crippen molar-refractivity contribution < 1.29 is 32.6 Å². The maximum atomic E-state index is 13.6. The minimum absolute atomic E-state index is 0.128. The average Bonchev–Trinajstić information content (AvgIpc) is 3.64. The summed E-state index contributed by atoms with van der Waals surface area (Å²) in [5.74, 6) is -2.30. The topological polar surface area (TPSA) is 93.9 Å². The van der Waals surface area contributed by atoms with Gasteiger partial charge in [0.25, 0.3) is 0 Å². The molecule has 2 saturated carbocycles. The predicted octanol–water partition coefficient (Wildman–Crippen LogP) is 3.13. The molecular formula is C26H22F3N3O4. The van der Waals surface area contributed by atoms with Crippen LogP contribution in [-0.4, -0.2) is 40.8 Å².